The Morgan fingerprint density at radius 1 is 1.03 bits per heavy atom. The highest BCUT2D eigenvalue weighted by Crippen LogP contribution is 2.18. The molecule has 2 heterocycles. The number of fused-ring (bicyclic) bond motifs is 1. The van der Waals surface area contributed by atoms with E-state index in [1.54, 1.807) is 55.6 Å². The maximum atomic E-state index is 13.1. The van der Waals surface area contributed by atoms with Crippen molar-refractivity contribution in [3.8, 4) is 11.4 Å². The van der Waals surface area contributed by atoms with Gasteiger partial charge in [-0.2, -0.15) is 9.78 Å². The molecule has 2 aromatic carbocycles. The summed E-state index contributed by atoms with van der Waals surface area (Å²) in [6.45, 7) is 5.87. The highest BCUT2D eigenvalue weighted by Gasteiger charge is 2.18. The van der Waals surface area contributed by atoms with Gasteiger partial charge in [0.25, 0.3) is 11.5 Å². The first kappa shape index (κ1) is 25.4. The molecular formula is C27H33N5O4. The van der Waals surface area contributed by atoms with Gasteiger partial charge in [-0.15, -0.1) is 0 Å². The summed E-state index contributed by atoms with van der Waals surface area (Å²) in [6, 6.07) is 13.6. The third kappa shape index (κ3) is 6.09. The highest BCUT2D eigenvalue weighted by molar-refractivity contribution is 6.05. The second-order valence-electron chi connectivity index (χ2n) is 9.22. The number of hydrogen-bond donors (Lipinski definition) is 2. The van der Waals surface area contributed by atoms with E-state index in [1.807, 2.05) is 0 Å². The third-order valence-electron chi connectivity index (χ3n) is 6.60. The molecule has 2 amide bonds. The van der Waals surface area contributed by atoms with Crippen LogP contribution in [0, 0.1) is 5.92 Å². The molecule has 0 radical (unpaired) electrons. The quantitative estimate of drug-likeness (QED) is 0.445. The molecule has 0 aliphatic carbocycles. The Balaban J connectivity index is 1.39. The zero-order valence-electron chi connectivity index (χ0n) is 20.8. The molecule has 1 aliphatic heterocycles. The van der Waals surface area contributed by atoms with Crippen LogP contribution in [-0.2, 0) is 4.79 Å². The summed E-state index contributed by atoms with van der Waals surface area (Å²) in [7, 11) is 1.56. The maximum Gasteiger partial charge on any atom is 0.279 e. The van der Waals surface area contributed by atoms with Gasteiger partial charge in [0.2, 0.25) is 5.91 Å². The highest BCUT2D eigenvalue weighted by atomic mass is 16.5. The molecule has 4 rings (SSSR count). The number of rotatable bonds is 9. The predicted molar refractivity (Wildman–Crippen MR) is 139 cm³/mol. The van der Waals surface area contributed by atoms with Crippen molar-refractivity contribution in [2.24, 2.45) is 5.92 Å². The zero-order valence-corrected chi connectivity index (χ0v) is 20.8. The lowest BCUT2D eigenvalue weighted by Gasteiger charge is -2.30. The summed E-state index contributed by atoms with van der Waals surface area (Å²) >= 11 is 0. The Morgan fingerprint density at radius 2 is 1.72 bits per heavy atom. The lowest BCUT2D eigenvalue weighted by molar-refractivity contribution is -0.120. The Morgan fingerprint density at radius 3 is 2.42 bits per heavy atom. The van der Waals surface area contributed by atoms with Gasteiger partial charge in [0.05, 0.1) is 24.7 Å². The molecule has 190 valence electrons. The molecule has 1 aliphatic rings. The van der Waals surface area contributed by atoms with Gasteiger partial charge < -0.3 is 20.3 Å². The van der Waals surface area contributed by atoms with E-state index in [0.29, 0.717) is 28.8 Å². The summed E-state index contributed by atoms with van der Waals surface area (Å²) in [5.74, 6) is 0.656. The Labute approximate surface area is 210 Å². The van der Waals surface area contributed by atoms with E-state index in [9.17, 15) is 14.4 Å². The minimum absolute atomic E-state index is 0.0770. The number of benzene rings is 2. The Bertz CT molecular complexity index is 1260. The minimum atomic E-state index is -0.522. The smallest absolute Gasteiger partial charge is 0.279 e. The third-order valence-corrected chi connectivity index (χ3v) is 6.60. The first-order valence-electron chi connectivity index (χ1n) is 12.4. The minimum Gasteiger partial charge on any atom is -0.497 e. The summed E-state index contributed by atoms with van der Waals surface area (Å²) in [6.07, 6.45) is 3.33. The van der Waals surface area contributed by atoms with E-state index in [0.717, 1.165) is 32.0 Å². The second-order valence-corrected chi connectivity index (χ2v) is 9.22. The number of ether oxygens (including phenoxy) is 1. The summed E-state index contributed by atoms with van der Waals surface area (Å²) in [4.78, 5) is 40.8. The number of methoxy groups -OCH3 is 1. The van der Waals surface area contributed by atoms with Crippen molar-refractivity contribution in [3.05, 3.63) is 64.6 Å². The Kier molecular flexibility index (Phi) is 8.32. The molecule has 1 saturated heterocycles. The zero-order chi connectivity index (χ0) is 25.5. The van der Waals surface area contributed by atoms with E-state index < -0.39 is 5.91 Å². The van der Waals surface area contributed by atoms with Gasteiger partial charge in [0.15, 0.2) is 5.69 Å². The van der Waals surface area contributed by atoms with Gasteiger partial charge >= 0.3 is 0 Å². The number of amides is 2. The fourth-order valence-corrected chi connectivity index (χ4v) is 4.38. The van der Waals surface area contributed by atoms with E-state index in [1.165, 1.54) is 17.5 Å². The number of nitrogens with zero attached hydrogens (tertiary/aromatic N) is 3. The maximum absolute atomic E-state index is 13.1. The van der Waals surface area contributed by atoms with Crippen molar-refractivity contribution in [3.63, 3.8) is 0 Å². The van der Waals surface area contributed by atoms with Crippen LogP contribution in [0.15, 0.2) is 53.3 Å². The first-order chi connectivity index (χ1) is 17.5. The lowest BCUT2D eigenvalue weighted by atomic mass is 9.99. The summed E-state index contributed by atoms with van der Waals surface area (Å²) < 4.78 is 6.37. The van der Waals surface area contributed by atoms with Crippen LogP contribution in [0.25, 0.3) is 16.5 Å². The van der Waals surface area contributed by atoms with Gasteiger partial charge in [-0.05, 0) is 75.1 Å². The van der Waals surface area contributed by atoms with Crippen LogP contribution in [-0.4, -0.2) is 66.3 Å². The van der Waals surface area contributed by atoms with Crippen LogP contribution in [0.5, 0.6) is 5.75 Å². The standard InChI is InChI=1S/C27H33N5O4/c1-19-12-16-31(17-13-19)15-5-14-28-24(33)18-29-26(34)25-22-6-3-4-7-23(22)27(35)32(30-25)20-8-10-21(36-2)11-9-20/h3-4,6-11,19H,5,12-18H2,1-2H3,(H,28,33)(H,29,34). The van der Waals surface area contributed by atoms with E-state index in [-0.39, 0.29) is 23.7 Å². The van der Waals surface area contributed by atoms with Crippen molar-refractivity contribution < 1.29 is 14.3 Å². The van der Waals surface area contributed by atoms with Crippen LogP contribution < -0.4 is 20.9 Å². The normalized spacial score (nSPS) is 14.5. The molecule has 36 heavy (non-hydrogen) atoms. The molecular weight excluding hydrogens is 458 g/mol. The van der Waals surface area contributed by atoms with E-state index in [2.05, 4.69) is 27.6 Å². The topological polar surface area (TPSA) is 106 Å². The summed E-state index contributed by atoms with van der Waals surface area (Å²) in [5.41, 5.74) is 0.239. The fraction of sp³-hybridized carbons (Fsp3) is 0.407. The number of nitrogens with one attached hydrogen (secondary N) is 2. The second kappa shape index (κ2) is 11.8. The van der Waals surface area contributed by atoms with Gasteiger partial charge in [0, 0.05) is 11.9 Å². The summed E-state index contributed by atoms with van der Waals surface area (Å²) in [5, 5.41) is 10.7. The molecule has 0 saturated carbocycles. The van der Waals surface area contributed by atoms with Crippen molar-refractivity contribution in [2.75, 3.05) is 39.8 Å². The van der Waals surface area contributed by atoms with Gasteiger partial charge in [0.1, 0.15) is 5.75 Å². The van der Waals surface area contributed by atoms with Crippen molar-refractivity contribution in [1.82, 2.24) is 25.3 Å². The molecule has 0 unspecified atom stereocenters. The molecule has 1 fully saturated rings. The molecule has 2 N–H and O–H groups in total. The monoisotopic (exact) mass is 491 g/mol. The van der Waals surface area contributed by atoms with Crippen LogP contribution >= 0.6 is 0 Å². The van der Waals surface area contributed by atoms with Crippen LogP contribution in [0.4, 0.5) is 0 Å². The molecule has 9 heteroatoms. The van der Waals surface area contributed by atoms with E-state index in [4.69, 9.17) is 4.74 Å². The van der Waals surface area contributed by atoms with Crippen molar-refractivity contribution in [1.29, 1.82) is 0 Å². The molecule has 0 bridgehead atoms. The lowest BCUT2D eigenvalue weighted by Crippen LogP contribution is -2.39. The van der Waals surface area contributed by atoms with Crippen molar-refractivity contribution in [2.45, 2.75) is 26.2 Å². The average Bonchev–Trinajstić information content (AvgIpc) is 2.91. The number of aromatic nitrogens is 2. The average molecular weight is 492 g/mol. The molecule has 0 atom stereocenters. The van der Waals surface area contributed by atoms with Gasteiger partial charge in [-0.3, -0.25) is 14.4 Å². The molecule has 1 aromatic heterocycles. The Hall–Kier alpha value is -3.72. The van der Waals surface area contributed by atoms with E-state index >= 15 is 0 Å². The van der Waals surface area contributed by atoms with Gasteiger partial charge in [-0.25, -0.2) is 0 Å². The van der Waals surface area contributed by atoms with Crippen LogP contribution in [0.1, 0.15) is 36.7 Å². The van der Waals surface area contributed by atoms with Crippen molar-refractivity contribution >= 4 is 22.6 Å². The number of hydrogen-bond acceptors (Lipinski definition) is 6. The number of carbonyl (C=O) groups is 2. The molecule has 9 nitrogen and oxygen atoms in total. The SMILES string of the molecule is COc1ccc(-n2nc(C(=O)NCC(=O)NCCCN3CCC(C)CC3)c3ccccc3c2=O)cc1. The van der Waals surface area contributed by atoms with Crippen LogP contribution in [0.2, 0.25) is 0 Å². The first-order valence-corrected chi connectivity index (χ1v) is 12.4. The molecule has 3 aromatic rings. The predicted octanol–water partition coefficient (Wildman–Crippen LogP) is 2.36. The number of likely N-dealkylation sites (tertiary alicyclic amines) is 1. The van der Waals surface area contributed by atoms with Crippen LogP contribution in [0.3, 0.4) is 0 Å². The molecule has 0 spiro atoms. The van der Waals surface area contributed by atoms with Gasteiger partial charge in [-0.1, -0.05) is 25.1 Å². The fourth-order valence-electron chi connectivity index (χ4n) is 4.38. The number of carbonyl (C=O) groups excluding carboxylic acids is 2. The largest absolute Gasteiger partial charge is 0.497 e. The number of piperidine rings is 1.